The highest BCUT2D eigenvalue weighted by molar-refractivity contribution is 14.1. The van der Waals surface area contributed by atoms with E-state index in [2.05, 4.69) is 33.8 Å². The molecule has 0 radical (unpaired) electrons. The summed E-state index contributed by atoms with van der Waals surface area (Å²) in [5.74, 6) is 1.14. The Bertz CT molecular complexity index is 1190. The van der Waals surface area contributed by atoms with Crippen LogP contribution in [0, 0.1) is 25.0 Å². The summed E-state index contributed by atoms with van der Waals surface area (Å²) in [4.78, 5) is 15.7. The molecule has 8 nitrogen and oxygen atoms in total. The molecular formula is C24H20IN3O5. The lowest BCUT2D eigenvalue weighted by atomic mass is 10.1. The van der Waals surface area contributed by atoms with Gasteiger partial charge in [-0.15, -0.1) is 0 Å². The number of nitro benzene ring substituents is 1. The average Bonchev–Trinajstić information content (AvgIpc) is 2.82. The summed E-state index contributed by atoms with van der Waals surface area (Å²) in [7, 11) is 0. The van der Waals surface area contributed by atoms with Gasteiger partial charge in [-0.3, -0.25) is 10.1 Å². The van der Waals surface area contributed by atoms with Crippen LogP contribution in [-0.2, 0) is 18.1 Å². The van der Waals surface area contributed by atoms with Crippen LogP contribution in [0.4, 0.5) is 5.69 Å². The summed E-state index contributed by atoms with van der Waals surface area (Å²) >= 11 is 2.15. The van der Waals surface area contributed by atoms with Crippen LogP contribution in [0.15, 0.2) is 65.8 Å². The number of oxime groups is 1. The van der Waals surface area contributed by atoms with Crippen molar-refractivity contribution in [2.24, 2.45) is 5.16 Å². The topological polar surface area (TPSA) is 107 Å². The maximum atomic E-state index is 10.8. The van der Waals surface area contributed by atoms with E-state index in [9.17, 15) is 10.1 Å². The molecule has 0 saturated carbocycles. The Hall–Kier alpha value is -3.65. The van der Waals surface area contributed by atoms with Gasteiger partial charge < -0.3 is 14.3 Å². The predicted octanol–water partition coefficient (Wildman–Crippen LogP) is 5.60. The van der Waals surface area contributed by atoms with E-state index in [0.29, 0.717) is 23.7 Å². The lowest BCUT2D eigenvalue weighted by Gasteiger charge is -2.14. The summed E-state index contributed by atoms with van der Waals surface area (Å²) in [6.07, 6.45) is 1.57. The van der Waals surface area contributed by atoms with Gasteiger partial charge in [0.25, 0.3) is 5.69 Å². The van der Waals surface area contributed by atoms with Gasteiger partial charge in [-0.25, -0.2) is 0 Å². The Morgan fingerprint density at radius 2 is 1.88 bits per heavy atom. The molecule has 9 heteroatoms. The maximum Gasteiger partial charge on any atom is 0.269 e. The highest BCUT2D eigenvalue weighted by atomic mass is 127. The van der Waals surface area contributed by atoms with Crippen molar-refractivity contribution in [1.29, 1.82) is 5.26 Å². The van der Waals surface area contributed by atoms with Crippen molar-refractivity contribution in [3.63, 3.8) is 0 Å². The van der Waals surface area contributed by atoms with Crippen LogP contribution < -0.4 is 9.47 Å². The van der Waals surface area contributed by atoms with Gasteiger partial charge in [-0.2, -0.15) is 5.26 Å². The number of nitro groups is 1. The van der Waals surface area contributed by atoms with Gasteiger partial charge in [0.1, 0.15) is 13.2 Å². The second kappa shape index (κ2) is 11.8. The van der Waals surface area contributed by atoms with Crippen molar-refractivity contribution < 1.29 is 19.2 Å². The van der Waals surface area contributed by atoms with Crippen molar-refractivity contribution in [2.45, 2.75) is 20.1 Å². The molecule has 0 N–H and O–H groups in total. The van der Waals surface area contributed by atoms with E-state index >= 15 is 0 Å². The Morgan fingerprint density at radius 1 is 1.12 bits per heavy atom. The van der Waals surface area contributed by atoms with Gasteiger partial charge >= 0.3 is 0 Å². The molecule has 0 aliphatic heterocycles. The van der Waals surface area contributed by atoms with Crippen LogP contribution in [0.1, 0.15) is 29.2 Å². The zero-order valence-electron chi connectivity index (χ0n) is 17.7. The lowest BCUT2D eigenvalue weighted by molar-refractivity contribution is -0.384. The summed E-state index contributed by atoms with van der Waals surface area (Å²) in [6.45, 7) is 2.75. The molecular weight excluding hydrogens is 537 g/mol. The second-order valence-corrected chi connectivity index (χ2v) is 7.91. The number of benzene rings is 3. The summed E-state index contributed by atoms with van der Waals surface area (Å²) in [6, 6.07) is 19.2. The molecule has 0 bridgehead atoms. The van der Waals surface area contributed by atoms with Gasteiger partial charge in [0.2, 0.25) is 0 Å². The quantitative estimate of drug-likeness (QED) is 0.139. The van der Waals surface area contributed by atoms with Crippen LogP contribution in [0.3, 0.4) is 0 Å². The van der Waals surface area contributed by atoms with E-state index in [1.54, 1.807) is 36.5 Å². The molecule has 0 spiro atoms. The highest BCUT2D eigenvalue weighted by Gasteiger charge is 2.13. The minimum absolute atomic E-state index is 0.0327. The van der Waals surface area contributed by atoms with E-state index in [-0.39, 0.29) is 18.9 Å². The van der Waals surface area contributed by atoms with Crippen molar-refractivity contribution in [3.05, 3.63) is 96.6 Å². The zero-order chi connectivity index (χ0) is 23.6. The molecule has 0 saturated heterocycles. The van der Waals surface area contributed by atoms with Gasteiger partial charge in [0, 0.05) is 23.3 Å². The van der Waals surface area contributed by atoms with E-state index in [1.807, 2.05) is 25.1 Å². The number of hydrogen-bond donors (Lipinski definition) is 0. The van der Waals surface area contributed by atoms with Gasteiger partial charge in [0.15, 0.2) is 11.5 Å². The number of ether oxygens (including phenoxy) is 2. The van der Waals surface area contributed by atoms with Gasteiger partial charge in [-0.05, 0) is 65.4 Å². The highest BCUT2D eigenvalue weighted by Crippen LogP contribution is 2.34. The molecule has 0 amide bonds. The van der Waals surface area contributed by atoms with Gasteiger partial charge in [0.05, 0.1) is 32.9 Å². The molecule has 0 aliphatic rings. The molecule has 3 aromatic rings. The molecule has 0 aliphatic carbocycles. The number of nitrogens with zero attached hydrogens (tertiary/aromatic N) is 3. The predicted molar refractivity (Wildman–Crippen MR) is 131 cm³/mol. The third-order valence-corrected chi connectivity index (χ3v) is 5.30. The fourth-order valence-corrected chi connectivity index (χ4v) is 3.68. The number of rotatable bonds is 10. The third kappa shape index (κ3) is 6.66. The first kappa shape index (κ1) is 24.0. The van der Waals surface area contributed by atoms with Crippen LogP contribution in [0.2, 0.25) is 0 Å². The smallest absolute Gasteiger partial charge is 0.269 e. The second-order valence-electron chi connectivity index (χ2n) is 6.75. The molecule has 0 atom stereocenters. The first-order valence-corrected chi connectivity index (χ1v) is 11.1. The maximum absolute atomic E-state index is 10.8. The van der Waals surface area contributed by atoms with Crippen LogP contribution in [0.5, 0.6) is 11.5 Å². The Kier molecular flexibility index (Phi) is 8.60. The van der Waals surface area contributed by atoms with Crippen molar-refractivity contribution in [3.8, 4) is 17.6 Å². The normalized spacial score (nSPS) is 10.6. The molecule has 0 unspecified atom stereocenters. The van der Waals surface area contributed by atoms with Gasteiger partial charge in [-0.1, -0.05) is 23.4 Å². The van der Waals surface area contributed by atoms with E-state index in [0.717, 1.165) is 20.3 Å². The molecule has 3 rings (SSSR count). The number of hydrogen-bond acceptors (Lipinski definition) is 7. The molecule has 3 aromatic carbocycles. The van der Waals surface area contributed by atoms with Crippen LogP contribution in [-0.4, -0.2) is 17.7 Å². The van der Waals surface area contributed by atoms with Crippen molar-refractivity contribution >= 4 is 34.5 Å². The van der Waals surface area contributed by atoms with E-state index in [1.165, 1.54) is 12.1 Å². The summed E-state index contributed by atoms with van der Waals surface area (Å²) in [5, 5.41) is 24.0. The van der Waals surface area contributed by atoms with E-state index < -0.39 is 4.92 Å². The first-order valence-electron chi connectivity index (χ1n) is 9.97. The molecule has 0 aromatic heterocycles. The third-order valence-electron chi connectivity index (χ3n) is 4.50. The fourth-order valence-electron chi connectivity index (χ4n) is 2.90. The van der Waals surface area contributed by atoms with E-state index in [4.69, 9.17) is 19.6 Å². The molecule has 33 heavy (non-hydrogen) atoms. The first-order chi connectivity index (χ1) is 16.0. The standard InChI is InChI=1S/C24H20IN3O5/c1-2-31-23-12-18(14-27-33-16-20-6-4-3-5-19(20)13-26)11-22(25)24(23)32-15-17-7-9-21(10-8-17)28(29)30/h3-12,14H,2,15-16H2,1H3/b27-14-. The Morgan fingerprint density at radius 3 is 2.58 bits per heavy atom. The molecule has 168 valence electrons. The summed E-state index contributed by atoms with van der Waals surface area (Å²) in [5.41, 5.74) is 2.91. The average molecular weight is 557 g/mol. The lowest BCUT2D eigenvalue weighted by Crippen LogP contribution is -2.03. The minimum atomic E-state index is -0.437. The van der Waals surface area contributed by atoms with Crippen molar-refractivity contribution in [1.82, 2.24) is 0 Å². The number of nitriles is 1. The molecule has 0 fully saturated rings. The minimum Gasteiger partial charge on any atom is -0.490 e. The number of halogens is 1. The Balaban J connectivity index is 1.69. The van der Waals surface area contributed by atoms with Crippen LogP contribution in [0.25, 0.3) is 0 Å². The Labute approximate surface area is 204 Å². The van der Waals surface area contributed by atoms with Crippen molar-refractivity contribution in [2.75, 3.05) is 6.61 Å². The van der Waals surface area contributed by atoms with Crippen LogP contribution >= 0.6 is 22.6 Å². The number of non-ortho nitro benzene ring substituents is 1. The SMILES string of the molecule is CCOc1cc(/C=N\OCc2ccccc2C#N)cc(I)c1OCc1ccc([N+](=O)[O-])cc1. The monoisotopic (exact) mass is 557 g/mol. The fraction of sp³-hybridized carbons (Fsp3) is 0.167. The summed E-state index contributed by atoms with van der Waals surface area (Å²) < 4.78 is 12.5. The molecule has 0 heterocycles. The zero-order valence-corrected chi connectivity index (χ0v) is 19.9. The largest absolute Gasteiger partial charge is 0.490 e.